The molecule has 3 N–H and O–H groups in total. The molecule has 0 unspecified atom stereocenters. The lowest BCUT2D eigenvalue weighted by atomic mass is 9.79. The molecule has 0 radical (unpaired) electrons. The second kappa shape index (κ2) is 4.25. The van der Waals surface area contributed by atoms with Crippen molar-refractivity contribution in [2.45, 2.75) is 31.1 Å². The van der Waals surface area contributed by atoms with E-state index >= 15 is 0 Å². The average molecular weight is 242 g/mol. The number of benzene rings is 1. The van der Waals surface area contributed by atoms with Crippen LogP contribution in [0.5, 0.6) is 5.75 Å². The second-order valence-corrected chi connectivity index (χ2v) is 5.26. The van der Waals surface area contributed by atoms with E-state index in [1.807, 2.05) is 18.3 Å². The Morgan fingerprint density at radius 2 is 2.06 bits per heavy atom. The standard InChI is InChI=1S/C15H18N2O/c16-10-15(6-1-2-7-15)12-8-11-4-3-5-13(18)14(11)17-9-12/h3-5,8-9,18H,1-2,6-7,10,16H2. The molecule has 0 saturated heterocycles. The Balaban J connectivity index is 2.13. The van der Waals surface area contributed by atoms with Crippen molar-refractivity contribution in [3.63, 3.8) is 0 Å². The highest BCUT2D eigenvalue weighted by atomic mass is 16.3. The molecule has 0 bridgehead atoms. The van der Waals surface area contributed by atoms with Crippen molar-refractivity contribution in [2.75, 3.05) is 6.54 Å². The van der Waals surface area contributed by atoms with Gasteiger partial charge in [-0.05, 0) is 30.5 Å². The van der Waals surface area contributed by atoms with Gasteiger partial charge in [0.25, 0.3) is 0 Å². The van der Waals surface area contributed by atoms with Gasteiger partial charge in [0.05, 0.1) is 0 Å². The number of rotatable bonds is 2. The van der Waals surface area contributed by atoms with E-state index in [2.05, 4.69) is 11.1 Å². The number of aromatic hydroxyl groups is 1. The van der Waals surface area contributed by atoms with Gasteiger partial charge in [-0.3, -0.25) is 4.98 Å². The zero-order valence-electron chi connectivity index (χ0n) is 10.4. The zero-order valence-corrected chi connectivity index (χ0v) is 10.4. The summed E-state index contributed by atoms with van der Waals surface area (Å²) in [6, 6.07) is 7.65. The van der Waals surface area contributed by atoms with Gasteiger partial charge in [0.2, 0.25) is 0 Å². The molecule has 18 heavy (non-hydrogen) atoms. The van der Waals surface area contributed by atoms with Crippen molar-refractivity contribution in [1.82, 2.24) is 4.98 Å². The Morgan fingerprint density at radius 1 is 1.28 bits per heavy atom. The van der Waals surface area contributed by atoms with Crippen LogP contribution in [0.25, 0.3) is 10.9 Å². The Labute approximate surface area is 107 Å². The largest absolute Gasteiger partial charge is 0.506 e. The lowest BCUT2D eigenvalue weighted by molar-refractivity contribution is 0.452. The fourth-order valence-electron chi connectivity index (χ4n) is 3.10. The molecule has 1 heterocycles. The van der Waals surface area contributed by atoms with Gasteiger partial charge < -0.3 is 10.8 Å². The van der Waals surface area contributed by atoms with Crippen molar-refractivity contribution in [1.29, 1.82) is 0 Å². The molecule has 94 valence electrons. The SMILES string of the molecule is NCC1(c2cnc3c(O)cccc3c2)CCCC1. The molecule has 0 atom stereocenters. The van der Waals surface area contributed by atoms with E-state index < -0.39 is 0 Å². The summed E-state index contributed by atoms with van der Waals surface area (Å²) in [5.41, 5.74) is 8.00. The summed E-state index contributed by atoms with van der Waals surface area (Å²) >= 11 is 0. The van der Waals surface area contributed by atoms with Crippen LogP contribution in [0.2, 0.25) is 0 Å². The van der Waals surface area contributed by atoms with Crippen molar-refractivity contribution in [2.24, 2.45) is 5.73 Å². The van der Waals surface area contributed by atoms with Crippen LogP contribution in [-0.4, -0.2) is 16.6 Å². The van der Waals surface area contributed by atoms with E-state index in [4.69, 9.17) is 5.73 Å². The summed E-state index contributed by atoms with van der Waals surface area (Å²) in [6.45, 7) is 0.680. The van der Waals surface area contributed by atoms with Crippen molar-refractivity contribution >= 4 is 10.9 Å². The third kappa shape index (κ3) is 1.66. The molecule has 1 aromatic heterocycles. The molecule has 2 aromatic rings. The van der Waals surface area contributed by atoms with Gasteiger partial charge in [-0.25, -0.2) is 0 Å². The Hall–Kier alpha value is -1.61. The van der Waals surface area contributed by atoms with Crippen molar-refractivity contribution in [3.8, 4) is 5.75 Å². The molecular weight excluding hydrogens is 224 g/mol. The molecule has 1 saturated carbocycles. The summed E-state index contributed by atoms with van der Waals surface area (Å²) in [5.74, 6) is 0.243. The number of phenols is 1. The highest BCUT2D eigenvalue weighted by Gasteiger charge is 2.34. The maximum absolute atomic E-state index is 9.76. The van der Waals surface area contributed by atoms with Crippen LogP contribution in [-0.2, 0) is 5.41 Å². The minimum Gasteiger partial charge on any atom is -0.506 e. The minimum atomic E-state index is 0.104. The first-order valence-corrected chi connectivity index (χ1v) is 6.53. The van der Waals surface area contributed by atoms with Crippen LogP contribution in [0.15, 0.2) is 30.5 Å². The van der Waals surface area contributed by atoms with Crippen LogP contribution in [0, 0.1) is 0 Å². The average Bonchev–Trinajstić information content (AvgIpc) is 2.89. The highest BCUT2D eigenvalue weighted by Crippen LogP contribution is 2.41. The maximum Gasteiger partial charge on any atom is 0.141 e. The Kier molecular flexibility index (Phi) is 2.71. The van der Waals surface area contributed by atoms with Gasteiger partial charge in [-0.2, -0.15) is 0 Å². The summed E-state index contributed by atoms with van der Waals surface area (Å²) in [7, 11) is 0. The topological polar surface area (TPSA) is 59.1 Å². The predicted octanol–water partition coefficient (Wildman–Crippen LogP) is 2.71. The highest BCUT2D eigenvalue weighted by molar-refractivity contribution is 5.84. The molecule has 3 nitrogen and oxygen atoms in total. The summed E-state index contributed by atoms with van der Waals surface area (Å²) in [4.78, 5) is 4.41. The Bertz CT molecular complexity index is 574. The molecule has 1 fully saturated rings. The molecule has 0 aliphatic heterocycles. The van der Waals surface area contributed by atoms with Gasteiger partial charge in [0.1, 0.15) is 11.3 Å². The molecule has 1 aromatic carbocycles. The number of hydrogen-bond acceptors (Lipinski definition) is 3. The lowest BCUT2D eigenvalue weighted by Crippen LogP contribution is -2.32. The fraction of sp³-hybridized carbons (Fsp3) is 0.400. The number of hydrogen-bond donors (Lipinski definition) is 2. The Morgan fingerprint density at radius 3 is 2.78 bits per heavy atom. The third-order valence-electron chi connectivity index (χ3n) is 4.25. The van der Waals surface area contributed by atoms with Gasteiger partial charge in [0, 0.05) is 23.5 Å². The van der Waals surface area contributed by atoms with E-state index in [0.717, 1.165) is 18.2 Å². The molecule has 3 heteroatoms. The normalized spacial score (nSPS) is 18.3. The number of aromatic nitrogens is 1. The van der Waals surface area contributed by atoms with E-state index in [-0.39, 0.29) is 11.2 Å². The second-order valence-electron chi connectivity index (χ2n) is 5.26. The van der Waals surface area contributed by atoms with Crippen LogP contribution in [0.4, 0.5) is 0 Å². The number of nitrogens with zero attached hydrogens (tertiary/aromatic N) is 1. The lowest BCUT2D eigenvalue weighted by Gasteiger charge is -2.27. The van der Waals surface area contributed by atoms with Crippen LogP contribution < -0.4 is 5.73 Å². The van der Waals surface area contributed by atoms with Crippen molar-refractivity contribution < 1.29 is 5.11 Å². The van der Waals surface area contributed by atoms with Gasteiger partial charge >= 0.3 is 0 Å². The molecule has 0 amide bonds. The first kappa shape index (κ1) is 11.5. The maximum atomic E-state index is 9.76. The van der Waals surface area contributed by atoms with Crippen LogP contribution in [0.1, 0.15) is 31.2 Å². The summed E-state index contributed by atoms with van der Waals surface area (Å²) in [6.07, 6.45) is 6.68. The van der Waals surface area contributed by atoms with E-state index in [9.17, 15) is 5.11 Å². The zero-order chi connectivity index (χ0) is 12.6. The quantitative estimate of drug-likeness (QED) is 0.851. The van der Waals surface area contributed by atoms with Crippen LogP contribution >= 0.6 is 0 Å². The number of pyridine rings is 1. The van der Waals surface area contributed by atoms with Gasteiger partial charge in [0.15, 0.2) is 0 Å². The number of fused-ring (bicyclic) bond motifs is 1. The third-order valence-corrected chi connectivity index (χ3v) is 4.25. The van der Waals surface area contributed by atoms with Crippen LogP contribution in [0.3, 0.4) is 0 Å². The van der Waals surface area contributed by atoms with Crippen molar-refractivity contribution in [3.05, 3.63) is 36.0 Å². The molecule has 3 rings (SSSR count). The van der Waals surface area contributed by atoms with E-state index in [1.54, 1.807) is 6.07 Å². The minimum absolute atomic E-state index is 0.104. The first-order valence-electron chi connectivity index (χ1n) is 6.53. The van der Waals surface area contributed by atoms with Gasteiger partial charge in [-0.15, -0.1) is 0 Å². The monoisotopic (exact) mass is 242 g/mol. The molecule has 1 aliphatic rings. The summed E-state index contributed by atoms with van der Waals surface area (Å²) in [5, 5.41) is 10.8. The smallest absolute Gasteiger partial charge is 0.141 e. The number of para-hydroxylation sites is 1. The number of phenolic OH excluding ortho intramolecular Hbond substituents is 1. The summed E-state index contributed by atoms with van der Waals surface area (Å²) < 4.78 is 0. The fourth-order valence-corrected chi connectivity index (χ4v) is 3.10. The first-order chi connectivity index (χ1) is 8.75. The number of nitrogens with two attached hydrogens (primary N) is 1. The van der Waals surface area contributed by atoms with Gasteiger partial charge in [-0.1, -0.05) is 25.0 Å². The van der Waals surface area contributed by atoms with E-state index in [1.165, 1.54) is 18.4 Å². The molecular formula is C15H18N2O. The predicted molar refractivity (Wildman–Crippen MR) is 72.6 cm³/mol. The van der Waals surface area contributed by atoms with E-state index in [0.29, 0.717) is 12.1 Å². The molecule has 1 aliphatic carbocycles. The molecule has 0 spiro atoms.